The predicted octanol–water partition coefficient (Wildman–Crippen LogP) is 8.25. The molecule has 46 heavy (non-hydrogen) atoms. The van der Waals surface area contributed by atoms with E-state index in [4.69, 9.17) is 9.47 Å². The standard InChI is InChI=1S/C40H48NO4P/c1-3-4-5-6-7-8-9-10-20-27-39(42)45-37-29-28-33(32-38(37)44-2)40(43)41-30-31-46(34-21-14-11-15-22-34,35-23-16-12-17-24-35)36-25-18-13-19-26-36/h11-19,21-26,28-29,32H,3-10,20,27,30-31H2,1-2H3/p+1. The maximum absolute atomic E-state index is 13.4. The summed E-state index contributed by atoms with van der Waals surface area (Å²) in [4.78, 5) is 25.9. The van der Waals surface area contributed by atoms with Crippen molar-refractivity contribution in [1.29, 1.82) is 0 Å². The molecule has 0 spiro atoms. The highest BCUT2D eigenvalue weighted by Gasteiger charge is 2.44. The molecule has 242 valence electrons. The van der Waals surface area contributed by atoms with Crippen molar-refractivity contribution in [3.8, 4) is 11.5 Å². The van der Waals surface area contributed by atoms with Gasteiger partial charge in [0.15, 0.2) is 11.5 Å². The first-order valence-electron chi connectivity index (χ1n) is 16.8. The molecule has 0 aromatic heterocycles. The molecule has 6 heteroatoms. The van der Waals surface area contributed by atoms with Crippen molar-refractivity contribution < 1.29 is 19.1 Å². The first-order valence-corrected chi connectivity index (χ1v) is 18.8. The molecule has 0 saturated heterocycles. The molecule has 0 heterocycles. The summed E-state index contributed by atoms with van der Waals surface area (Å²) in [6.45, 7) is 2.72. The fraction of sp³-hybridized carbons (Fsp3) is 0.350. The Hall–Kier alpha value is -3.95. The monoisotopic (exact) mass is 638 g/mol. The van der Waals surface area contributed by atoms with E-state index in [1.165, 1.54) is 61.5 Å². The molecule has 0 aliphatic heterocycles. The number of methoxy groups -OCH3 is 1. The number of amides is 1. The van der Waals surface area contributed by atoms with E-state index in [9.17, 15) is 9.59 Å². The van der Waals surface area contributed by atoms with Gasteiger partial charge in [0.1, 0.15) is 23.2 Å². The van der Waals surface area contributed by atoms with Crippen molar-refractivity contribution >= 4 is 35.1 Å². The van der Waals surface area contributed by atoms with E-state index in [2.05, 4.69) is 85.0 Å². The van der Waals surface area contributed by atoms with Crippen LogP contribution in [-0.4, -0.2) is 31.7 Å². The molecule has 4 rings (SSSR count). The van der Waals surface area contributed by atoms with Crippen LogP contribution < -0.4 is 30.7 Å². The van der Waals surface area contributed by atoms with Crippen LogP contribution >= 0.6 is 7.26 Å². The highest BCUT2D eigenvalue weighted by atomic mass is 31.2. The summed E-state index contributed by atoms with van der Waals surface area (Å²) < 4.78 is 11.1. The summed E-state index contributed by atoms with van der Waals surface area (Å²) in [6, 6.07) is 36.9. The molecular formula is C40H49NO4P+. The molecule has 0 aliphatic carbocycles. The zero-order chi connectivity index (χ0) is 32.5. The van der Waals surface area contributed by atoms with Gasteiger partial charge in [0.25, 0.3) is 5.91 Å². The fourth-order valence-corrected chi connectivity index (χ4v) is 10.1. The smallest absolute Gasteiger partial charge is 0.311 e. The molecule has 0 atom stereocenters. The Labute approximate surface area is 276 Å². The zero-order valence-corrected chi connectivity index (χ0v) is 28.4. The van der Waals surface area contributed by atoms with E-state index in [0.29, 0.717) is 30.0 Å². The van der Waals surface area contributed by atoms with Gasteiger partial charge in [-0.25, -0.2) is 0 Å². The van der Waals surface area contributed by atoms with E-state index < -0.39 is 7.26 Å². The van der Waals surface area contributed by atoms with Crippen molar-refractivity contribution in [2.75, 3.05) is 19.8 Å². The zero-order valence-electron chi connectivity index (χ0n) is 27.5. The normalized spacial score (nSPS) is 11.2. The van der Waals surface area contributed by atoms with Crippen molar-refractivity contribution in [1.82, 2.24) is 5.32 Å². The second kappa shape index (κ2) is 18.9. The Morgan fingerprint density at radius 3 is 1.63 bits per heavy atom. The van der Waals surface area contributed by atoms with Crippen LogP contribution in [0.1, 0.15) is 81.5 Å². The number of nitrogens with one attached hydrogen (secondary N) is 1. The molecule has 0 radical (unpaired) electrons. The van der Waals surface area contributed by atoms with Gasteiger partial charge in [-0.3, -0.25) is 9.59 Å². The fourth-order valence-electron chi connectivity index (χ4n) is 5.97. The predicted molar refractivity (Wildman–Crippen MR) is 193 cm³/mol. The van der Waals surface area contributed by atoms with Gasteiger partial charge in [0, 0.05) is 12.0 Å². The van der Waals surface area contributed by atoms with Crippen LogP contribution in [0.3, 0.4) is 0 Å². The van der Waals surface area contributed by atoms with Crippen LogP contribution in [0.15, 0.2) is 109 Å². The number of carbonyl (C=O) groups is 2. The van der Waals surface area contributed by atoms with Crippen LogP contribution in [0.25, 0.3) is 0 Å². The average molecular weight is 639 g/mol. The van der Waals surface area contributed by atoms with Crippen molar-refractivity contribution in [3.05, 3.63) is 115 Å². The summed E-state index contributed by atoms with van der Waals surface area (Å²) in [5.41, 5.74) is 0.457. The molecule has 4 aromatic rings. The number of esters is 1. The highest BCUT2D eigenvalue weighted by Crippen LogP contribution is 2.54. The minimum atomic E-state index is -2.06. The Kier molecular flexibility index (Phi) is 14.3. The highest BCUT2D eigenvalue weighted by molar-refractivity contribution is 7.95. The maximum Gasteiger partial charge on any atom is 0.311 e. The minimum absolute atomic E-state index is 0.196. The minimum Gasteiger partial charge on any atom is -0.493 e. The number of ether oxygens (including phenoxy) is 2. The lowest BCUT2D eigenvalue weighted by molar-refractivity contribution is -0.134. The van der Waals surface area contributed by atoms with E-state index >= 15 is 0 Å². The topological polar surface area (TPSA) is 64.6 Å². The number of benzene rings is 4. The number of unbranched alkanes of at least 4 members (excludes halogenated alkanes) is 8. The van der Waals surface area contributed by atoms with Crippen LogP contribution in [0.5, 0.6) is 11.5 Å². The third-order valence-corrected chi connectivity index (χ3v) is 12.9. The van der Waals surface area contributed by atoms with Crippen LogP contribution in [0.2, 0.25) is 0 Å². The number of rotatable bonds is 19. The number of carbonyl (C=O) groups excluding carboxylic acids is 2. The number of hydrogen-bond acceptors (Lipinski definition) is 4. The van der Waals surface area contributed by atoms with Gasteiger partial charge >= 0.3 is 5.97 Å². The van der Waals surface area contributed by atoms with Gasteiger partial charge in [-0.05, 0) is 61.0 Å². The van der Waals surface area contributed by atoms with Gasteiger partial charge in [-0.15, -0.1) is 0 Å². The summed E-state index contributed by atoms with van der Waals surface area (Å²) in [5, 5.41) is 6.98. The van der Waals surface area contributed by atoms with E-state index in [0.717, 1.165) is 25.4 Å². The molecule has 1 amide bonds. The summed E-state index contributed by atoms with van der Waals surface area (Å²) >= 11 is 0. The first kappa shape index (κ1) is 34.9. The van der Waals surface area contributed by atoms with Gasteiger partial charge in [0.05, 0.1) is 19.8 Å². The second-order valence-corrected chi connectivity index (χ2v) is 15.3. The van der Waals surface area contributed by atoms with E-state index in [-0.39, 0.29) is 11.9 Å². The quantitative estimate of drug-likeness (QED) is 0.0486. The molecular weight excluding hydrogens is 589 g/mol. The van der Waals surface area contributed by atoms with Gasteiger partial charge in [-0.1, -0.05) is 113 Å². The molecule has 5 nitrogen and oxygen atoms in total. The average Bonchev–Trinajstić information content (AvgIpc) is 3.10. The summed E-state index contributed by atoms with van der Waals surface area (Å²) in [5.74, 6) is 0.231. The Bertz CT molecular complexity index is 1380. The van der Waals surface area contributed by atoms with Crippen molar-refractivity contribution in [2.24, 2.45) is 0 Å². The summed E-state index contributed by atoms with van der Waals surface area (Å²) in [7, 11) is -0.538. The number of hydrogen-bond donors (Lipinski definition) is 1. The maximum atomic E-state index is 13.4. The van der Waals surface area contributed by atoms with E-state index in [1.54, 1.807) is 18.2 Å². The lowest BCUT2D eigenvalue weighted by Crippen LogP contribution is -2.37. The second-order valence-electron chi connectivity index (χ2n) is 11.7. The first-order chi connectivity index (χ1) is 22.6. The van der Waals surface area contributed by atoms with Crippen LogP contribution in [0.4, 0.5) is 0 Å². The van der Waals surface area contributed by atoms with Crippen molar-refractivity contribution in [2.45, 2.75) is 71.1 Å². The van der Waals surface area contributed by atoms with Gasteiger partial charge in [0.2, 0.25) is 0 Å². The molecule has 0 fully saturated rings. The summed E-state index contributed by atoms with van der Waals surface area (Å²) in [6.07, 6.45) is 11.9. The Balaban J connectivity index is 1.37. The van der Waals surface area contributed by atoms with E-state index in [1.807, 2.05) is 18.2 Å². The molecule has 1 N–H and O–H groups in total. The van der Waals surface area contributed by atoms with Crippen LogP contribution in [-0.2, 0) is 4.79 Å². The molecule has 4 aromatic carbocycles. The van der Waals surface area contributed by atoms with Gasteiger partial charge < -0.3 is 14.8 Å². The largest absolute Gasteiger partial charge is 0.493 e. The molecule has 0 aliphatic rings. The molecule has 0 bridgehead atoms. The third-order valence-electron chi connectivity index (χ3n) is 8.46. The van der Waals surface area contributed by atoms with Gasteiger partial charge in [-0.2, -0.15) is 0 Å². The Morgan fingerprint density at radius 2 is 1.13 bits per heavy atom. The molecule has 0 saturated carbocycles. The van der Waals surface area contributed by atoms with Crippen LogP contribution in [0, 0.1) is 0 Å². The molecule has 0 unspecified atom stereocenters. The van der Waals surface area contributed by atoms with Crippen molar-refractivity contribution in [3.63, 3.8) is 0 Å². The lowest BCUT2D eigenvalue weighted by Gasteiger charge is -2.27. The lowest BCUT2D eigenvalue weighted by atomic mass is 10.1. The Morgan fingerprint density at radius 1 is 0.630 bits per heavy atom. The SMILES string of the molecule is CCCCCCCCCCCC(=O)Oc1ccc(C(=O)NCC[P+](c2ccccc2)(c2ccccc2)c2ccccc2)cc1OC. The third kappa shape index (κ3) is 9.77.